The fraction of sp³-hybridized carbons (Fsp3) is 0.935. The molecule has 39 heavy (non-hydrogen) atoms. The van der Waals surface area contributed by atoms with Gasteiger partial charge in [0.2, 0.25) is 0 Å². The van der Waals surface area contributed by atoms with Crippen LogP contribution >= 0.6 is 0 Å². The molecule has 8 heteroatoms. The van der Waals surface area contributed by atoms with Crippen LogP contribution in [-0.2, 0) is 19.1 Å². The second-order valence-electron chi connectivity index (χ2n) is 14.4. The van der Waals surface area contributed by atoms with E-state index in [9.17, 15) is 30.0 Å². The molecule has 0 saturated heterocycles. The van der Waals surface area contributed by atoms with Gasteiger partial charge in [0.1, 0.15) is 17.8 Å². The van der Waals surface area contributed by atoms with Crippen molar-refractivity contribution in [2.24, 2.45) is 40.4 Å². The molecular formula is C31H52O8. The molecule has 0 heterocycles. The van der Waals surface area contributed by atoms with E-state index in [0.717, 1.165) is 25.7 Å². The highest BCUT2D eigenvalue weighted by molar-refractivity contribution is 5.66. The summed E-state index contributed by atoms with van der Waals surface area (Å²) in [5.74, 6) is 0.367. The molecular weight excluding hydrogens is 500 g/mol. The smallest absolute Gasteiger partial charge is 0.302 e. The van der Waals surface area contributed by atoms with Crippen LogP contribution in [0.2, 0.25) is 0 Å². The van der Waals surface area contributed by atoms with Gasteiger partial charge in [0.05, 0.1) is 18.3 Å². The molecule has 8 nitrogen and oxygen atoms in total. The van der Waals surface area contributed by atoms with Crippen molar-refractivity contribution in [3.05, 3.63) is 0 Å². The molecule has 224 valence electrons. The quantitative estimate of drug-likeness (QED) is 0.335. The van der Waals surface area contributed by atoms with Crippen molar-refractivity contribution >= 4 is 11.9 Å². The van der Waals surface area contributed by atoms with Gasteiger partial charge in [0, 0.05) is 25.7 Å². The molecule has 0 spiro atoms. The van der Waals surface area contributed by atoms with Crippen molar-refractivity contribution in [3.8, 4) is 0 Å². The maximum absolute atomic E-state index is 12.0. The van der Waals surface area contributed by atoms with E-state index in [1.165, 1.54) is 13.8 Å². The molecule has 0 aromatic carbocycles. The fourth-order valence-electron chi connectivity index (χ4n) is 9.99. The second kappa shape index (κ2) is 10.9. The van der Waals surface area contributed by atoms with Crippen molar-refractivity contribution in [3.63, 3.8) is 0 Å². The van der Waals surface area contributed by atoms with Gasteiger partial charge in [-0.25, -0.2) is 0 Å². The van der Waals surface area contributed by atoms with E-state index in [-0.39, 0.29) is 48.3 Å². The Bertz CT molecular complexity index is 915. The Labute approximate surface area is 233 Å². The number of carbonyl (C=O) groups excluding carboxylic acids is 2. The van der Waals surface area contributed by atoms with E-state index >= 15 is 0 Å². The zero-order chi connectivity index (χ0) is 29.0. The van der Waals surface area contributed by atoms with Crippen molar-refractivity contribution in [1.82, 2.24) is 0 Å². The van der Waals surface area contributed by atoms with Crippen molar-refractivity contribution in [1.29, 1.82) is 0 Å². The van der Waals surface area contributed by atoms with Gasteiger partial charge in [0.25, 0.3) is 0 Å². The van der Waals surface area contributed by atoms with E-state index < -0.39 is 34.8 Å². The van der Waals surface area contributed by atoms with E-state index in [4.69, 9.17) is 9.47 Å². The summed E-state index contributed by atoms with van der Waals surface area (Å²) in [5.41, 5.74) is -3.14. The SMILES string of the molecule is CC(=O)O[C@@H]1CC[C@]2(CO)[C@H]3CC[C@]4(C)[C@@H]([C@H](C)[C@H](CCC(C)(C)O)OC(C)=O)CC[C@H]4[C@@H]3C[C@@H](O)[C@@]2(O)C1. The first-order valence-corrected chi connectivity index (χ1v) is 15.2. The first-order chi connectivity index (χ1) is 18.1. The average molecular weight is 553 g/mol. The predicted octanol–water partition coefficient (Wildman–Crippen LogP) is 3.75. The van der Waals surface area contributed by atoms with Crippen molar-refractivity contribution < 1.29 is 39.5 Å². The summed E-state index contributed by atoms with van der Waals surface area (Å²) in [5, 5.41) is 44.6. The van der Waals surface area contributed by atoms with Crippen LogP contribution in [0.5, 0.6) is 0 Å². The topological polar surface area (TPSA) is 134 Å². The van der Waals surface area contributed by atoms with E-state index in [1.54, 1.807) is 13.8 Å². The number of aliphatic hydroxyl groups excluding tert-OH is 2. The van der Waals surface area contributed by atoms with Crippen molar-refractivity contribution in [2.45, 2.75) is 135 Å². The number of rotatable bonds is 8. The van der Waals surface area contributed by atoms with E-state index in [2.05, 4.69) is 13.8 Å². The summed E-state index contributed by atoms with van der Waals surface area (Å²) in [7, 11) is 0. The van der Waals surface area contributed by atoms with Gasteiger partial charge in [-0.05, 0) is 107 Å². The van der Waals surface area contributed by atoms with Gasteiger partial charge in [-0.2, -0.15) is 0 Å². The third kappa shape index (κ3) is 5.40. The summed E-state index contributed by atoms with van der Waals surface area (Å²) in [4.78, 5) is 23.6. The van der Waals surface area contributed by atoms with Crippen LogP contribution in [0, 0.1) is 40.4 Å². The average Bonchev–Trinajstić information content (AvgIpc) is 3.18. The van der Waals surface area contributed by atoms with Crippen LogP contribution in [0.1, 0.15) is 106 Å². The molecule has 4 aliphatic rings. The Balaban J connectivity index is 1.58. The molecule has 0 unspecified atom stereocenters. The number of aliphatic hydroxyl groups is 4. The zero-order valence-corrected chi connectivity index (χ0v) is 24.8. The molecule has 0 radical (unpaired) electrons. The minimum Gasteiger partial charge on any atom is -0.462 e. The second-order valence-corrected chi connectivity index (χ2v) is 14.4. The lowest BCUT2D eigenvalue weighted by Gasteiger charge is -2.66. The largest absolute Gasteiger partial charge is 0.462 e. The molecule has 0 aromatic rings. The molecule has 4 aliphatic carbocycles. The molecule has 11 atom stereocenters. The highest BCUT2D eigenvalue weighted by Crippen LogP contribution is 2.69. The van der Waals surface area contributed by atoms with E-state index in [0.29, 0.717) is 43.9 Å². The number of hydrogen-bond donors (Lipinski definition) is 4. The van der Waals surface area contributed by atoms with E-state index in [1.807, 2.05) is 0 Å². The lowest BCUT2D eigenvalue weighted by atomic mass is 9.42. The fourth-order valence-corrected chi connectivity index (χ4v) is 9.99. The summed E-state index contributed by atoms with van der Waals surface area (Å²) < 4.78 is 11.3. The number of esters is 2. The zero-order valence-electron chi connectivity index (χ0n) is 24.8. The number of carbonyl (C=O) groups is 2. The molecule has 4 saturated carbocycles. The Kier molecular flexibility index (Phi) is 8.57. The number of ether oxygens (including phenoxy) is 2. The molecule has 4 fully saturated rings. The first kappa shape index (κ1) is 30.7. The van der Waals surface area contributed by atoms with Crippen LogP contribution in [-0.4, -0.2) is 68.5 Å². The Morgan fingerprint density at radius 1 is 1.05 bits per heavy atom. The minimum atomic E-state index is -1.49. The molecule has 4 rings (SSSR count). The maximum Gasteiger partial charge on any atom is 0.302 e. The molecule has 0 bridgehead atoms. The van der Waals surface area contributed by atoms with Gasteiger partial charge < -0.3 is 29.9 Å². The Morgan fingerprint density at radius 3 is 2.33 bits per heavy atom. The van der Waals surface area contributed by atoms with Crippen LogP contribution < -0.4 is 0 Å². The summed E-state index contributed by atoms with van der Waals surface area (Å²) in [6.45, 7) is 10.7. The first-order valence-electron chi connectivity index (χ1n) is 15.2. The number of hydrogen-bond acceptors (Lipinski definition) is 8. The minimum absolute atomic E-state index is 0.00548. The van der Waals surface area contributed by atoms with Gasteiger partial charge in [-0.1, -0.05) is 13.8 Å². The molecule has 0 aromatic heterocycles. The highest BCUT2D eigenvalue weighted by atomic mass is 16.5. The van der Waals surface area contributed by atoms with Crippen LogP contribution in [0.3, 0.4) is 0 Å². The Hall–Kier alpha value is -1.22. The Morgan fingerprint density at radius 2 is 1.74 bits per heavy atom. The highest BCUT2D eigenvalue weighted by Gasteiger charge is 2.69. The van der Waals surface area contributed by atoms with Gasteiger partial charge in [-0.3, -0.25) is 9.59 Å². The van der Waals surface area contributed by atoms with Gasteiger partial charge in [0.15, 0.2) is 0 Å². The molecule has 4 N–H and O–H groups in total. The third-order valence-corrected chi connectivity index (χ3v) is 11.8. The molecule has 0 amide bonds. The summed E-state index contributed by atoms with van der Waals surface area (Å²) in [6.07, 6.45) is 4.99. The maximum atomic E-state index is 12.0. The standard InChI is InChI=1S/C31H52O8/c1-18(26(39-20(3)34)11-12-28(4,5)36)23-7-8-24-22-15-27(35)31(37)16-21(38-19(2)33)9-14-30(31,17-32)25(22)10-13-29(23,24)6/h18,21-27,32,35-37H,7-17H2,1-6H3/t18-,21+,22-,23+,24-,25-,26-,27+,29+,30-,31-/m0/s1. The summed E-state index contributed by atoms with van der Waals surface area (Å²) in [6, 6.07) is 0. The van der Waals surface area contributed by atoms with Crippen LogP contribution in [0.25, 0.3) is 0 Å². The normalized spacial score (nSPS) is 43.4. The molecule has 0 aliphatic heterocycles. The monoisotopic (exact) mass is 552 g/mol. The van der Waals surface area contributed by atoms with Crippen LogP contribution in [0.15, 0.2) is 0 Å². The van der Waals surface area contributed by atoms with Gasteiger partial charge >= 0.3 is 11.9 Å². The lowest BCUT2D eigenvalue weighted by molar-refractivity contribution is -0.282. The summed E-state index contributed by atoms with van der Waals surface area (Å²) >= 11 is 0. The van der Waals surface area contributed by atoms with Gasteiger partial charge in [-0.15, -0.1) is 0 Å². The third-order valence-electron chi connectivity index (χ3n) is 11.8. The number of fused-ring (bicyclic) bond motifs is 5. The van der Waals surface area contributed by atoms with Crippen LogP contribution in [0.4, 0.5) is 0 Å². The lowest BCUT2D eigenvalue weighted by Crippen LogP contribution is -2.71. The van der Waals surface area contributed by atoms with Crippen molar-refractivity contribution in [2.75, 3.05) is 6.61 Å². The predicted molar refractivity (Wildman–Crippen MR) is 145 cm³/mol.